The maximum absolute atomic E-state index is 11.7. The summed E-state index contributed by atoms with van der Waals surface area (Å²) in [7, 11) is 0. The Kier molecular flexibility index (Phi) is 6.06. The second-order valence-corrected chi connectivity index (χ2v) is 7.31. The number of hydrogen-bond acceptors (Lipinski definition) is 5. The van der Waals surface area contributed by atoms with Crippen molar-refractivity contribution >= 4 is 6.09 Å². The molecule has 1 aliphatic carbocycles. The average molecular weight is 313 g/mol. The Morgan fingerprint density at radius 1 is 1.32 bits per heavy atom. The van der Waals surface area contributed by atoms with Gasteiger partial charge in [0.2, 0.25) is 0 Å². The van der Waals surface area contributed by atoms with E-state index in [0.29, 0.717) is 6.04 Å². The first-order valence-electron chi connectivity index (χ1n) is 8.42. The van der Waals surface area contributed by atoms with E-state index in [1.54, 1.807) is 0 Å². The van der Waals surface area contributed by atoms with Crippen LogP contribution >= 0.6 is 0 Å². The zero-order valence-corrected chi connectivity index (χ0v) is 14.4. The Bertz CT molecular complexity index is 364. The molecule has 6 nitrogen and oxygen atoms in total. The van der Waals surface area contributed by atoms with Gasteiger partial charge in [0.05, 0.1) is 12.7 Å². The zero-order valence-electron chi connectivity index (χ0n) is 14.4. The Labute approximate surface area is 133 Å². The molecule has 1 amide bonds. The van der Waals surface area contributed by atoms with Gasteiger partial charge in [-0.15, -0.1) is 0 Å². The van der Waals surface area contributed by atoms with Gasteiger partial charge in [0.15, 0.2) is 0 Å². The van der Waals surface area contributed by atoms with Crippen LogP contribution in [0.4, 0.5) is 4.79 Å². The Morgan fingerprint density at radius 2 is 2.05 bits per heavy atom. The van der Waals surface area contributed by atoms with Crippen molar-refractivity contribution in [2.24, 2.45) is 0 Å². The number of ether oxygens (including phenoxy) is 2. The first-order chi connectivity index (χ1) is 10.4. The summed E-state index contributed by atoms with van der Waals surface area (Å²) < 4.78 is 11.0. The standard InChI is InChI=1S/C16H31N3O3/c1-5-19-6-7-21-14(11-19)10-17-12-8-13(9-12)18-15(20)22-16(2,3)4/h12-14,17H,5-11H2,1-4H3,(H,18,20). The molecule has 0 aromatic heterocycles. The maximum atomic E-state index is 11.7. The highest BCUT2D eigenvalue weighted by Gasteiger charge is 2.32. The van der Waals surface area contributed by atoms with Gasteiger partial charge in [-0.2, -0.15) is 0 Å². The van der Waals surface area contributed by atoms with Crippen LogP contribution in [0.25, 0.3) is 0 Å². The third-order valence-corrected chi connectivity index (χ3v) is 4.16. The quantitative estimate of drug-likeness (QED) is 0.802. The Morgan fingerprint density at radius 3 is 2.68 bits per heavy atom. The van der Waals surface area contributed by atoms with E-state index in [0.717, 1.165) is 45.6 Å². The van der Waals surface area contributed by atoms with Crippen molar-refractivity contribution in [3.05, 3.63) is 0 Å². The number of alkyl carbamates (subject to hydrolysis) is 1. The summed E-state index contributed by atoms with van der Waals surface area (Å²) in [4.78, 5) is 14.1. The SMILES string of the molecule is CCN1CCOC(CNC2CC(NC(=O)OC(C)(C)C)C2)C1. The molecule has 1 atom stereocenters. The summed E-state index contributed by atoms with van der Waals surface area (Å²) >= 11 is 0. The van der Waals surface area contributed by atoms with E-state index in [1.807, 2.05) is 20.8 Å². The van der Waals surface area contributed by atoms with E-state index in [2.05, 4.69) is 22.5 Å². The summed E-state index contributed by atoms with van der Waals surface area (Å²) in [5.74, 6) is 0. The monoisotopic (exact) mass is 313 g/mol. The van der Waals surface area contributed by atoms with Gasteiger partial charge in [-0.3, -0.25) is 4.90 Å². The van der Waals surface area contributed by atoms with Gasteiger partial charge in [-0.1, -0.05) is 6.92 Å². The lowest BCUT2D eigenvalue weighted by Gasteiger charge is -2.38. The van der Waals surface area contributed by atoms with Crippen LogP contribution in [-0.2, 0) is 9.47 Å². The second-order valence-electron chi connectivity index (χ2n) is 7.31. The summed E-state index contributed by atoms with van der Waals surface area (Å²) in [6.45, 7) is 12.7. The fourth-order valence-electron chi connectivity index (χ4n) is 2.87. The fourth-order valence-corrected chi connectivity index (χ4v) is 2.87. The first kappa shape index (κ1) is 17.5. The molecule has 2 N–H and O–H groups in total. The molecule has 2 fully saturated rings. The van der Waals surface area contributed by atoms with Crippen LogP contribution in [0.2, 0.25) is 0 Å². The van der Waals surface area contributed by atoms with E-state index >= 15 is 0 Å². The van der Waals surface area contributed by atoms with Gasteiger partial charge in [-0.05, 0) is 40.2 Å². The molecule has 22 heavy (non-hydrogen) atoms. The summed E-state index contributed by atoms with van der Waals surface area (Å²) in [5, 5.41) is 6.46. The van der Waals surface area contributed by atoms with Crippen molar-refractivity contribution in [3.63, 3.8) is 0 Å². The molecule has 0 bridgehead atoms. The van der Waals surface area contributed by atoms with Gasteiger partial charge < -0.3 is 20.1 Å². The van der Waals surface area contributed by atoms with Crippen molar-refractivity contribution in [1.82, 2.24) is 15.5 Å². The summed E-state index contributed by atoms with van der Waals surface area (Å²) in [6.07, 6.45) is 1.89. The molecule has 1 heterocycles. The molecule has 1 saturated carbocycles. The molecule has 2 aliphatic rings. The minimum Gasteiger partial charge on any atom is -0.444 e. The molecule has 0 aromatic carbocycles. The number of rotatable bonds is 5. The van der Waals surface area contributed by atoms with E-state index in [4.69, 9.17) is 9.47 Å². The second kappa shape index (κ2) is 7.62. The van der Waals surface area contributed by atoms with Crippen LogP contribution < -0.4 is 10.6 Å². The number of nitrogens with zero attached hydrogens (tertiary/aromatic N) is 1. The summed E-state index contributed by atoms with van der Waals surface area (Å²) in [6, 6.07) is 0.701. The van der Waals surface area contributed by atoms with Crippen molar-refractivity contribution in [1.29, 1.82) is 0 Å². The van der Waals surface area contributed by atoms with Gasteiger partial charge in [0.25, 0.3) is 0 Å². The fraction of sp³-hybridized carbons (Fsp3) is 0.938. The normalized spacial score (nSPS) is 29.7. The maximum Gasteiger partial charge on any atom is 0.407 e. The summed E-state index contributed by atoms with van der Waals surface area (Å²) in [5.41, 5.74) is -0.436. The highest BCUT2D eigenvalue weighted by Crippen LogP contribution is 2.21. The molecule has 1 saturated heterocycles. The number of carbonyl (C=O) groups excluding carboxylic acids is 1. The van der Waals surface area contributed by atoms with Gasteiger partial charge in [0.1, 0.15) is 5.60 Å². The van der Waals surface area contributed by atoms with Crippen molar-refractivity contribution in [3.8, 4) is 0 Å². The van der Waals surface area contributed by atoms with Crippen molar-refractivity contribution in [2.75, 3.05) is 32.8 Å². The van der Waals surface area contributed by atoms with Crippen LogP contribution in [-0.4, -0.2) is 67.6 Å². The van der Waals surface area contributed by atoms with Crippen LogP contribution in [0, 0.1) is 0 Å². The topological polar surface area (TPSA) is 62.8 Å². The molecule has 1 aliphatic heterocycles. The molecule has 2 rings (SSSR count). The van der Waals surface area contributed by atoms with E-state index in [9.17, 15) is 4.79 Å². The Hall–Kier alpha value is -0.850. The van der Waals surface area contributed by atoms with Gasteiger partial charge in [-0.25, -0.2) is 4.79 Å². The highest BCUT2D eigenvalue weighted by atomic mass is 16.6. The van der Waals surface area contributed by atoms with E-state index < -0.39 is 5.60 Å². The number of likely N-dealkylation sites (N-methyl/N-ethyl adjacent to an activating group) is 1. The third-order valence-electron chi connectivity index (χ3n) is 4.16. The lowest BCUT2D eigenvalue weighted by atomic mass is 9.87. The molecule has 0 radical (unpaired) electrons. The van der Waals surface area contributed by atoms with Gasteiger partial charge in [0, 0.05) is 31.7 Å². The van der Waals surface area contributed by atoms with Crippen LogP contribution in [0.5, 0.6) is 0 Å². The molecular weight excluding hydrogens is 282 g/mol. The van der Waals surface area contributed by atoms with Crippen molar-refractivity contribution < 1.29 is 14.3 Å². The minimum absolute atomic E-state index is 0.228. The molecule has 0 spiro atoms. The average Bonchev–Trinajstić information content (AvgIpc) is 2.39. The molecule has 0 aromatic rings. The lowest BCUT2D eigenvalue weighted by Crippen LogP contribution is -2.55. The third kappa shape index (κ3) is 5.74. The smallest absolute Gasteiger partial charge is 0.407 e. The predicted octanol–water partition coefficient (Wildman–Crippen LogP) is 1.35. The Balaban J connectivity index is 1.57. The zero-order chi connectivity index (χ0) is 16.2. The molecule has 1 unspecified atom stereocenters. The number of nitrogens with one attached hydrogen (secondary N) is 2. The molecule has 128 valence electrons. The number of amides is 1. The molecule has 6 heteroatoms. The van der Waals surface area contributed by atoms with Gasteiger partial charge >= 0.3 is 6.09 Å². The predicted molar refractivity (Wildman–Crippen MR) is 86.0 cm³/mol. The molecular formula is C16H31N3O3. The first-order valence-corrected chi connectivity index (χ1v) is 8.42. The lowest BCUT2D eigenvalue weighted by molar-refractivity contribution is -0.0279. The largest absolute Gasteiger partial charge is 0.444 e. The van der Waals surface area contributed by atoms with Crippen LogP contribution in [0.15, 0.2) is 0 Å². The minimum atomic E-state index is -0.436. The number of carbonyl (C=O) groups is 1. The highest BCUT2D eigenvalue weighted by molar-refractivity contribution is 5.68. The number of hydrogen-bond donors (Lipinski definition) is 2. The van der Waals surface area contributed by atoms with Crippen LogP contribution in [0.3, 0.4) is 0 Å². The van der Waals surface area contributed by atoms with E-state index in [-0.39, 0.29) is 18.2 Å². The van der Waals surface area contributed by atoms with E-state index in [1.165, 1.54) is 0 Å². The van der Waals surface area contributed by atoms with Crippen LogP contribution in [0.1, 0.15) is 40.5 Å². The number of morpholine rings is 1. The van der Waals surface area contributed by atoms with Crippen molar-refractivity contribution in [2.45, 2.75) is 64.3 Å².